The van der Waals surface area contributed by atoms with Gasteiger partial charge in [-0.2, -0.15) is 5.10 Å². The van der Waals surface area contributed by atoms with Gasteiger partial charge >= 0.3 is 6.03 Å². The van der Waals surface area contributed by atoms with Gasteiger partial charge in [-0.3, -0.25) is 0 Å². The normalized spacial score (nSPS) is 10.8. The van der Waals surface area contributed by atoms with Gasteiger partial charge in [0.05, 0.1) is 0 Å². The lowest BCUT2D eigenvalue weighted by molar-refractivity contribution is 0.242. The number of rotatable bonds is 7. The molecule has 2 heterocycles. The fraction of sp³-hybridized carbons (Fsp3) is 0.111. The lowest BCUT2D eigenvalue weighted by atomic mass is 10.1. The first-order valence-electron chi connectivity index (χ1n) is 11.4. The van der Waals surface area contributed by atoms with E-state index >= 15 is 0 Å². The molecule has 0 atom stereocenters. The molecule has 0 unspecified atom stereocenters. The minimum atomic E-state index is -0.231. The second-order valence-electron chi connectivity index (χ2n) is 8.12. The Labute approximate surface area is 208 Å². The van der Waals surface area contributed by atoms with Gasteiger partial charge in [0.1, 0.15) is 29.9 Å². The van der Waals surface area contributed by atoms with Crippen LogP contribution in [-0.4, -0.2) is 32.7 Å². The van der Waals surface area contributed by atoms with Crippen molar-refractivity contribution in [1.29, 1.82) is 0 Å². The predicted molar refractivity (Wildman–Crippen MR) is 138 cm³/mol. The first-order valence-corrected chi connectivity index (χ1v) is 11.4. The number of fused-ring (bicyclic) bond motifs is 1. The number of nitrogens with zero attached hydrogens (tertiary/aromatic N) is 4. The predicted octanol–water partition coefficient (Wildman–Crippen LogP) is 4.05. The van der Waals surface area contributed by atoms with Crippen molar-refractivity contribution in [3.8, 4) is 28.4 Å². The van der Waals surface area contributed by atoms with Crippen LogP contribution in [0, 0.1) is 0 Å². The third-order valence-corrected chi connectivity index (χ3v) is 5.71. The summed E-state index contributed by atoms with van der Waals surface area (Å²) in [6.07, 6.45) is 1.42. The molecule has 0 aliphatic rings. The summed E-state index contributed by atoms with van der Waals surface area (Å²) >= 11 is 0. The molecule has 2 amide bonds. The molecule has 0 saturated carbocycles. The van der Waals surface area contributed by atoms with Crippen molar-refractivity contribution < 1.29 is 9.53 Å². The smallest absolute Gasteiger partial charge is 0.314 e. The maximum atomic E-state index is 11.5. The van der Waals surface area contributed by atoms with Crippen LogP contribution in [0.25, 0.3) is 28.2 Å². The zero-order valence-corrected chi connectivity index (χ0v) is 19.7. The summed E-state index contributed by atoms with van der Waals surface area (Å²) in [6, 6.07) is 25.3. The highest BCUT2D eigenvalue weighted by Gasteiger charge is 2.19. The second-order valence-corrected chi connectivity index (χ2v) is 8.12. The van der Waals surface area contributed by atoms with Gasteiger partial charge in [-0.25, -0.2) is 19.3 Å². The Morgan fingerprint density at radius 2 is 1.78 bits per heavy atom. The van der Waals surface area contributed by atoms with E-state index in [4.69, 9.17) is 15.5 Å². The number of carbonyl (C=O) groups excluding carboxylic acids is 1. The maximum Gasteiger partial charge on any atom is 0.314 e. The number of imidazole rings is 1. The number of nitrogens with one attached hydrogen (secondary N) is 2. The summed E-state index contributed by atoms with van der Waals surface area (Å²) in [5.41, 5.74) is 11.3. The van der Waals surface area contributed by atoms with Crippen LogP contribution >= 0.6 is 0 Å². The molecule has 2 aromatic heterocycles. The van der Waals surface area contributed by atoms with E-state index in [-0.39, 0.29) is 6.03 Å². The lowest BCUT2D eigenvalue weighted by Crippen LogP contribution is -2.32. The Kier molecular flexibility index (Phi) is 6.44. The summed E-state index contributed by atoms with van der Waals surface area (Å²) < 4.78 is 7.72. The number of benzene rings is 3. The molecule has 0 radical (unpaired) electrons. The molecule has 9 heteroatoms. The monoisotopic (exact) mass is 479 g/mol. The third kappa shape index (κ3) is 4.80. The average Bonchev–Trinajstić information content (AvgIpc) is 3.33. The molecule has 0 bridgehead atoms. The van der Waals surface area contributed by atoms with E-state index in [2.05, 4.69) is 20.7 Å². The third-order valence-electron chi connectivity index (χ3n) is 5.71. The topological polar surface area (TPSA) is 119 Å². The average molecular weight is 480 g/mol. The number of anilines is 1. The standard InChI is InChI=1S/C27H25N7O2/c1-29-27(35)30-15-18-10-12-20(13-11-18)26-33-23(24-25(28)31-17-32-34(24)26)21-8-5-9-22(14-21)36-16-19-6-3-2-4-7-19/h2-14,17H,15-16H2,1H3,(H2,28,31,32)(H2,29,30,35). The van der Waals surface area contributed by atoms with Crippen LogP contribution in [0.5, 0.6) is 5.75 Å². The van der Waals surface area contributed by atoms with Crippen LogP contribution in [0.3, 0.4) is 0 Å². The van der Waals surface area contributed by atoms with Gasteiger partial charge in [0.15, 0.2) is 11.6 Å². The molecule has 180 valence electrons. The number of nitrogen functional groups attached to an aromatic ring is 1. The van der Waals surface area contributed by atoms with E-state index in [1.165, 1.54) is 6.33 Å². The Morgan fingerprint density at radius 1 is 0.972 bits per heavy atom. The summed E-state index contributed by atoms with van der Waals surface area (Å²) in [7, 11) is 1.58. The first kappa shape index (κ1) is 22.9. The van der Waals surface area contributed by atoms with Gasteiger partial charge in [-0.1, -0.05) is 66.7 Å². The van der Waals surface area contributed by atoms with Gasteiger partial charge in [-0.05, 0) is 23.3 Å². The van der Waals surface area contributed by atoms with E-state index in [1.807, 2.05) is 78.9 Å². The van der Waals surface area contributed by atoms with Crippen molar-refractivity contribution >= 4 is 17.4 Å². The van der Waals surface area contributed by atoms with Gasteiger partial charge in [0.2, 0.25) is 0 Å². The number of aromatic nitrogens is 4. The molecule has 9 nitrogen and oxygen atoms in total. The summed E-state index contributed by atoms with van der Waals surface area (Å²) in [4.78, 5) is 20.6. The zero-order valence-electron chi connectivity index (χ0n) is 19.7. The van der Waals surface area contributed by atoms with Gasteiger partial charge in [-0.15, -0.1) is 0 Å². The largest absolute Gasteiger partial charge is 0.489 e. The van der Waals surface area contributed by atoms with Crippen molar-refractivity contribution in [2.75, 3.05) is 12.8 Å². The van der Waals surface area contributed by atoms with Crippen molar-refractivity contribution in [3.63, 3.8) is 0 Å². The number of hydrogen-bond donors (Lipinski definition) is 3. The highest BCUT2D eigenvalue weighted by atomic mass is 16.5. The quantitative estimate of drug-likeness (QED) is 0.324. The molecule has 0 aliphatic heterocycles. The summed E-state index contributed by atoms with van der Waals surface area (Å²) in [6.45, 7) is 0.879. The molecular weight excluding hydrogens is 454 g/mol. The number of carbonyl (C=O) groups is 1. The Morgan fingerprint density at radius 3 is 2.56 bits per heavy atom. The number of amides is 2. The van der Waals surface area contributed by atoms with E-state index in [9.17, 15) is 4.79 Å². The number of urea groups is 1. The minimum absolute atomic E-state index is 0.231. The van der Waals surface area contributed by atoms with Gasteiger partial charge in [0, 0.05) is 24.7 Å². The molecule has 0 fully saturated rings. The Hall–Kier alpha value is -4.92. The number of hydrogen-bond acceptors (Lipinski definition) is 6. The fourth-order valence-corrected chi connectivity index (χ4v) is 3.86. The van der Waals surface area contributed by atoms with Crippen LogP contribution in [-0.2, 0) is 13.2 Å². The van der Waals surface area contributed by atoms with E-state index in [0.29, 0.717) is 36.0 Å². The number of nitrogens with two attached hydrogens (primary N) is 1. The van der Waals surface area contributed by atoms with Crippen LogP contribution in [0.4, 0.5) is 10.6 Å². The highest BCUT2D eigenvalue weighted by Crippen LogP contribution is 2.33. The molecule has 0 aliphatic carbocycles. The SMILES string of the molecule is CNC(=O)NCc1ccc(-c2nc(-c3cccc(OCc4ccccc4)c3)c3c(N)ncnn23)cc1. The van der Waals surface area contributed by atoms with Crippen LogP contribution < -0.4 is 21.1 Å². The lowest BCUT2D eigenvalue weighted by Gasteiger charge is -2.08. The van der Waals surface area contributed by atoms with Crippen molar-refractivity contribution in [2.24, 2.45) is 0 Å². The minimum Gasteiger partial charge on any atom is -0.489 e. The van der Waals surface area contributed by atoms with E-state index < -0.39 is 0 Å². The second kappa shape index (κ2) is 10.1. The zero-order chi connectivity index (χ0) is 24.9. The van der Waals surface area contributed by atoms with Crippen molar-refractivity contribution in [1.82, 2.24) is 30.2 Å². The Balaban J connectivity index is 1.47. The molecule has 5 rings (SSSR count). The fourth-order valence-electron chi connectivity index (χ4n) is 3.86. The molecule has 5 aromatic rings. The van der Waals surface area contributed by atoms with Crippen molar-refractivity contribution in [3.05, 3.63) is 96.3 Å². The summed E-state index contributed by atoms with van der Waals surface area (Å²) in [5, 5.41) is 9.74. The van der Waals surface area contributed by atoms with E-state index in [1.54, 1.807) is 11.6 Å². The number of ether oxygens (including phenoxy) is 1. The molecule has 0 spiro atoms. The Bertz CT molecular complexity index is 1500. The molecule has 3 aromatic carbocycles. The maximum absolute atomic E-state index is 11.5. The highest BCUT2D eigenvalue weighted by molar-refractivity contribution is 5.87. The molecule has 36 heavy (non-hydrogen) atoms. The molecular formula is C27H25N7O2. The molecule has 0 saturated heterocycles. The van der Waals surface area contributed by atoms with Gasteiger partial charge in [0.25, 0.3) is 0 Å². The van der Waals surface area contributed by atoms with Gasteiger partial charge < -0.3 is 21.1 Å². The summed E-state index contributed by atoms with van der Waals surface area (Å²) in [5.74, 6) is 1.69. The van der Waals surface area contributed by atoms with Crippen molar-refractivity contribution in [2.45, 2.75) is 13.2 Å². The molecule has 4 N–H and O–H groups in total. The van der Waals surface area contributed by atoms with Crippen LogP contribution in [0.15, 0.2) is 85.2 Å². The van der Waals surface area contributed by atoms with Crippen LogP contribution in [0.2, 0.25) is 0 Å². The van der Waals surface area contributed by atoms with Crippen LogP contribution in [0.1, 0.15) is 11.1 Å². The van der Waals surface area contributed by atoms with E-state index in [0.717, 1.165) is 28.0 Å². The first-order chi connectivity index (χ1) is 17.6.